The molecule has 6 heteroatoms. The van der Waals surface area contributed by atoms with Gasteiger partial charge in [-0.25, -0.2) is 4.79 Å². The van der Waals surface area contributed by atoms with Crippen molar-refractivity contribution in [1.29, 1.82) is 5.26 Å². The van der Waals surface area contributed by atoms with Gasteiger partial charge in [-0.3, -0.25) is 0 Å². The molecular weight excluding hydrogens is 508 g/mol. The van der Waals surface area contributed by atoms with Gasteiger partial charge in [0.1, 0.15) is 5.75 Å². The summed E-state index contributed by atoms with van der Waals surface area (Å²) in [6.45, 7) is 0. The Hall–Kier alpha value is -1.60. The molecule has 0 spiro atoms. The average Bonchev–Trinajstić information content (AvgIpc) is 2.50. The number of nitrogens with zero attached hydrogens (tertiary/aromatic N) is 1. The van der Waals surface area contributed by atoms with Crippen molar-refractivity contribution in [3.63, 3.8) is 0 Å². The Morgan fingerprint density at radius 2 is 1.59 bits per heavy atom. The maximum Gasteiger partial charge on any atom is 0.335 e. The van der Waals surface area contributed by atoms with E-state index < -0.39 is 5.97 Å². The number of rotatable bonds is 3. The van der Waals surface area contributed by atoms with Gasteiger partial charge in [-0.05, 0) is 86.7 Å². The Morgan fingerprint density at radius 3 is 2.05 bits per heavy atom. The largest absolute Gasteiger partial charge is 0.506 e. The van der Waals surface area contributed by atoms with Crippen LogP contribution in [0.25, 0.3) is 11.6 Å². The molecule has 2 N–H and O–H groups in total. The minimum atomic E-state index is -1.00. The quantitative estimate of drug-likeness (QED) is 0.361. The van der Waals surface area contributed by atoms with E-state index in [9.17, 15) is 15.2 Å². The minimum absolute atomic E-state index is 0.176. The van der Waals surface area contributed by atoms with Crippen molar-refractivity contribution in [2.45, 2.75) is 0 Å². The molecule has 0 aliphatic carbocycles. The number of benzene rings is 2. The van der Waals surface area contributed by atoms with Crippen LogP contribution in [0.5, 0.6) is 5.75 Å². The molecule has 4 nitrogen and oxygen atoms in total. The summed E-state index contributed by atoms with van der Waals surface area (Å²) in [6.07, 6.45) is 1.71. The predicted molar refractivity (Wildman–Crippen MR) is 100 cm³/mol. The molecule has 2 aromatic rings. The topological polar surface area (TPSA) is 81.3 Å². The van der Waals surface area contributed by atoms with Crippen LogP contribution in [0.4, 0.5) is 0 Å². The second-order valence-electron chi connectivity index (χ2n) is 4.39. The number of aromatic carboxylic acids is 1. The van der Waals surface area contributed by atoms with E-state index in [1.165, 1.54) is 12.1 Å². The lowest BCUT2D eigenvalue weighted by Gasteiger charge is -2.04. The summed E-state index contributed by atoms with van der Waals surface area (Å²) in [4.78, 5) is 10.8. The van der Waals surface area contributed by atoms with E-state index >= 15 is 0 Å². The molecule has 0 unspecified atom stereocenters. The second kappa shape index (κ2) is 7.11. The van der Waals surface area contributed by atoms with Crippen LogP contribution in [0.3, 0.4) is 0 Å². The van der Waals surface area contributed by atoms with Crippen molar-refractivity contribution in [1.82, 2.24) is 0 Å². The van der Waals surface area contributed by atoms with Crippen molar-refractivity contribution in [3.05, 3.63) is 60.2 Å². The fourth-order valence-electron chi connectivity index (χ4n) is 1.81. The Labute approximate surface area is 154 Å². The van der Waals surface area contributed by atoms with Gasteiger partial charge in [-0.2, -0.15) is 5.26 Å². The van der Waals surface area contributed by atoms with Gasteiger partial charge in [-0.1, -0.05) is 12.1 Å². The van der Waals surface area contributed by atoms with E-state index in [0.29, 0.717) is 18.3 Å². The monoisotopic (exact) mass is 517 g/mol. The highest BCUT2D eigenvalue weighted by atomic mass is 127. The zero-order valence-electron chi connectivity index (χ0n) is 11.0. The summed E-state index contributed by atoms with van der Waals surface area (Å²) in [7, 11) is 0. The average molecular weight is 517 g/mol. The Kier molecular flexibility index (Phi) is 5.42. The Morgan fingerprint density at radius 1 is 1.09 bits per heavy atom. The zero-order chi connectivity index (χ0) is 16.3. The number of carboxylic acids is 1. The molecule has 0 saturated heterocycles. The molecule has 0 saturated carbocycles. The molecule has 0 radical (unpaired) electrons. The molecule has 2 aromatic carbocycles. The third kappa shape index (κ3) is 3.78. The number of hydrogen-bond acceptors (Lipinski definition) is 3. The molecule has 0 bridgehead atoms. The summed E-state index contributed by atoms with van der Waals surface area (Å²) in [5.74, 6) is -0.778. The highest BCUT2D eigenvalue weighted by Crippen LogP contribution is 2.29. The smallest absolute Gasteiger partial charge is 0.335 e. The van der Waals surface area contributed by atoms with E-state index in [1.54, 1.807) is 30.3 Å². The highest BCUT2D eigenvalue weighted by Gasteiger charge is 2.08. The van der Waals surface area contributed by atoms with Gasteiger partial charge >= 0.3 is 5.97 Å². The van der Waals surface area contributed by atoms with Crippen molar-refractivity contribution in [3.8, 4) is 11.8 Å². The molecule has 0 aromatic heterocycles. The predicted octanol–water partition coefficient (Wildman–Crippen LogP) is 4.36. The summed E-state index contributed by atoms with van der Waals surface area (Å²) in [6, 6.07) is 11.8. The maximum absolute atomic E-state index is 10.8. The van der Waals surface area contributed by atoms with Crippen LogP contribution in [-0.4, -0.2) is 16.2 Å². The second-order valence-corrected chi connectivity index (χ2v) is 6.71. The molecule has 0 aliphatic heterocycles. The van der Waals surface area contributed by atoms with Crippen molar-refractivity contribution < 1.29 is 15.0 Å². The van der Waals surface area contributed by atoms with Crippen LogP contribution in [0.2, 0.25) is 0 Å². The SMILES string of the molecule is N#C/C(=C/c1cc(I)c(O)c(I)c1)c1ccc(C(=O)O)cc1. The normalized spacial score (nSPS) is 11.0. The standard InChI is InChI=1S/C16H9I2NO3/c17-13-6-9(7-14(18)15(13)20)5-12(8-19)10-1-3-11(4-2-10)16(21)22/h1-7,20H,(H,21,22)/b12-5-. The van der Waals surface area contributed by atoms with Crippen LogP contribution < -0.4 is 0 Å². The molecule has 0 heterocycles. The van der Waals surface area contributed by atoms with Crippen LogP contribution in [0.15, 0.2) is 36.4 Å². The van der Waals surface area contributed by atoms with Crippen LogP contribution in [0, 0.1) is 18.5 Å². The van der Waals surface area contributed by atoms with Gasteiger partial charge in [0.25, 0.3) is 0 Å². The lowest BCUT2D eigenvalue weighted by molar-refractivity contribution is 0.0697. The minimum Gasteiger partial charge on any atom is -0.506 e. The number of carboxylic acid groups (broad SMARTS) is 1. The van der Waals surface area contributed by atoms with E-state index in [0.717, 1.165) is 5.56 Å². The van der Waals surface area contributed by atoms with Crippen molar-refractivity contribution >= 4 is 62.8 Å². The first-order valence-electron chi connectivity index (χ1n) is 6.06. The van der Waals surface area contributed by atoms with Crippen LogP contribution in [0.1, 0.15) is 21.5 Å². The molecular formula is C16H9I2NO3. The number of halogens is 2. The highest BCUT2D eigenvalue weighted by molar-refractivity contribution is 14.1. The number of nitriles is 1. The van der Waals surface area contributed by atoms with Gasteiger partial charge in [0.05, 0.1) is 24.3 Å². The Balaban J connectivity index is 2.44. The first-order valence-corrected chi connectivity index (χ1v) is 8.21. The van der Waals surface area contributed by atoms with Gasteiger partial charge in [-0.15, -0.1) is 0 Å². The molecule has 2 rings (SSSR count). The number of carbonyl (C=O) groups is 1. The Bertz CT molecular complexity index is 782. The molecule has 0 atom stereocenters. The number of phenolic OH excluding ortho intramolecular Hbond substituents is 1. The first-order chi connectivity index (χ1) is 10.4. The fraction of sp³-hybridized carbons (Fsp3) is 0. The van der Waals surface area contributed by atoms with E-state index in [2.05, 4.69) is 6.07 Å². The van der Waals surface area contributed by atoms with Gasteiger partial charge in [0.15, 0.2) is 0 Å². The van der Waals surface area contributed by atoms with Gasteiger partial charge in [0, 0.05) is 0 Å². The third-order valence-corrected chi connectivity index (χ3v) is 4.56. The third-order valence-electron chi connectivity index (χ3n) is 2.91. The lowest BCUT2D eigenvalue weighted by atomic mass is 10.0. The van der Waals surface area contributed by atoms with Crippen LogP contribution in [-0.2, 0) is 0 Å². The number of phenols is 1. The molecule has 0 fully saturated rings. The van der Waals surface area contributed by atoms with Crippen LogP contribution >= 0.6 is 45.2 Å². The van der Waals surface area contributed by atoms with Crippen molar-refractivity contribution in [2.24, 2.45) is 0 Å². The number of allylic oxidation sites excluding steroid dienone is 1. The molecule has 0 aliphatic rings. The maximum atomic E-state index is 10.8. The summed E-state index contributed by atoms with van der Waals surface area (Å²) < 4.78 is 1.41. The molecule has 110 valence electrons. The summed E-state index contributed by atoms with van der Waals surface area (Å²) in [5, 5.41) is 28.0. The van der Waals surface area contributed by atoms with Gasteiger partial charge < -0.3 is 10.2 Å². The zero-order valence-corrected chi connectivity index (χ0v) is 15.4. The number of aromatic hydroxyl groups is 1. The fourth-order valence-corrected chi connectivity index (χ4v) is 3.62. The lowest BCUT2D eigenvalue weighted by Crippen LogP contribution is -1.95. The summed E-state index contributed by atoms with van der Waals surface area (Å²) in [5.41, 5.74) is 2.04. The van der Waals surface area contributed by atoms with E-state index in [4.69, 9.17) is 5.11 Å². The first kappa shape index (κ1) is 16.8. The van der Waals surface area contributed by atoms with E-state index in [1.807, 2.05) is 45.2 Å². The van der Waals surface area contributed by atoms with Crippen molar-refractivity contribution in [2.75, 3.05) is 0 Å². The van der Waals surface area contributed by atoms with Gasteiger partial charge in [0.2, 0.25) is 0 Å². The van der Waals surface area contributed by atoms with E-state index in [-0.39, 0.29) is 11.3 Å². The molecule has 22 heavy (non-hydrogen) atoms. The summed E-state index contributed by atoms with van der Waals surface area (Å²) >= 11 is 4.06. The molecule has 0 amide bonds. The number of hydrogen-bond donors (Lipinski definition) is 2.